The van der Waals surface area contributed by atoms with Crippen LogP contribution in [0.2, 0.25) is 0 Å². The largest absolute Gasteiger partial charge is 0.481 e. The van der Waals surface area contributed by atoms with Gasteiger partial charge in [-0.1, -0.05) is 0 Å². The lowest BCUT2D eigenvalue weighted by molar-refractivity contribution is 0.198. The maximum Gasteiger partial charge on any atom is 0.246 e. The number of aromatic nitrogens is 1. The van der Waals surface area contributed by atoms with Crippen LogP contribution in [0.15, 0.2) is 17.0 Å². The maximum absolute atomic E-state index is 12.6. The second-order valence-corrected chi connectivity index (χ2v) is 7.23. The minimum atomic E-state index is -3.52. The highest BCUT2D eigenvalue weighted by atomic mass is 32.2. The summed E-state index contributed by atoms with van der Waals surface area (Å²) in [7, 11) is -2.03. The number of pyridine rings is 1. The number of sulfonamides is 1. The maximum atomic E-state index is 12.6. The molecule has 21 heavy (non-hydrogen) atoms. The second kappa shape index (κ2) is 5.43. The molecule has 8 heteroatoms. The fourth-order valence-corrected chi connectivity index (χ4v) is 4.22. The van der Waals surface area contributed by atoms with Crippen molar-refractivity contribution in [3.63, 3.8) is 0 Å². The van der Waals surface area contributed by atoms with Gasteiger partial charge in [0.05, 0.1) is 13.2 Å². The molecule has 1 atom stereocenters. The molecule has 0 aromatic carbocycles. The van der Waals surface area contributed by atoms with Crippen LogP contribution in [-0.2, 0) is 10.0 Å². The Balaban J connectivity index is 2.03. The number of methoxy groups -OCH3 is 1. The molecule has 1 unspecified atom stereocenters. The molecule has 3 heterocycles. The molecule has 3 rings (SSSR count). The summed E-state index contributed by atoms with van der Waals surface area (Å²) in [5.41, 5.74) is 0. The number of aliphatic hydroxyl groups excluding tert-OH is 1. The quantitative estimate of drug-likeness (QED) is 0.846. The second-order valence-electron chi connectivity index (χ2n) is 5.32. The number of β-amino-alcohol motifs (C(OH)–C–C–N with tert-alkyl or cyclic N) is 1. The van der Waals surface area contributed by atoms with Crippen molar-refractivity contribution in [3.05, 3.63) is 12.1 Å². The smallest absolute Gasteiger partial charge is 0.246 e. The van der Waals surface area contributed by atoms with Gasteiger partial charge in [0.15, 0.2) is 5.82 Å². The Labute approximate surface area is 124 Å². The van der Waals surface area contributed by atoms with Crippen LogP contribution in [-0.4, -0.2) is 62.2 Å². The summed E-state index contributed by atoms with van der Waals surface area (Å²) < 4.78 is 31.8. The van der Waals surface area contributed by atoms with Crippen molar-refractivity contribution in [1.29, 1.82) is 0 Å². The molecular formula is C13H19N3O4S. The number of anilines is 1. The molecular weight excluding hydrogens is 294 g/mol. The molecule has 0 amide bonds. The first kappa shape index (κ1) is 14.6. The first-order chi connectivity index (χ1) is 10.0. The number of rotatable bonds is 4. The van der Waals surface area contributed by atoms with Crippen LogP contribution in [0.5, 0.6) is 5.88 Å². The van der Waals surface area contributed by atoms with Gasteiger partial charge in [-0.3, -0.25) is 0 Å². The Morgan fingerprint density at radius 1 is 1.33 bits per heavy atom. The van der Waals surface area contributed by atoms with Gasteiger partial charge in [-0.15, -0.1) is 0 Å². The van der Waals surface area contributed by atoms with Crippen LogP contribution in [0.3, 0.4) is 0 Å². The van der Waals surface area contributed by atoms with Crippen molar-refractivity contribution in [2.24, 2.45) is 0 Å². The van der Waals surface area contributed by atoms with Gasteiger partial charge in [0, 0.05) is 32.2 Å². The summed E-state index contributed by atoms with van der Waals surface area (Å²) in [5.74, 6) is 0.742. The molecule has 1 aromatic rings. The summed E-state index contributed by atoms with van der Waals surface area (Å²) in [5, 5.41) is 9.69. The third kappa shape index (κ3) is 2.58. The van der Waals surface area contributed by atoms with Crippen LogP contribution in [0.4, 0.5) is 5.82 Å². The van der Waals surface area contributed by atoms with E-state index in [2.05, 4.69) is 4.98 Å². The van der Waals surface area contributed by atoms with Gasteiger partial charge >= 0.3 is 0 Å². The van der Waals surface area contributed by atoms with E-state index in [4.69, 9.17) is 4.74 Å². The molecule has 7 nitrogen and oxygen atoms in total. The molecule has 0 bridgehead atoms. The molecule has 0 spiro atoms. The lowest BCUT2D eigenvalue weighted by atomic mass is 10.3. The van der Waals surface area contributed by atoms with Crippen molar-refractivity contribution < 1.29 is 18.3 Å². The van der Waals surface area contributed by atoms with E-state index >= 15 is 0 Å². The summed E-state index contributed by atoms with van der Waals surface area (Å²) in [6, 6.07) is 3.10. The molecule has 2 fully saturated rings. The van der Waals surface area contributed by atoms with Crippen molar-refractivity contribution in [3.8, 4) is 5.88 Å². The van der Waals surface area contributed by atoms with Crippen molar-refractivity contribution >= 4 is 15.8 Å². The normalized spacial score (nSPS) is 23.1. The van der Waals surface area contributed by atoms with Gasteiger partial charge in [-0.05, 0) is 18.9 Å². The van der Waals surface area contributed by atoms with Crippen molar-refractivity contribution in [2.45, 2.75) is 23.8 Å². The Morgan fingerprint density at radius 3 is 2.62 bits per heavy atom. The van der Waals surface area contributed by atoms with E-state index < -0.39 is 16.1 Å². The summed E-state index contributed by atoms with van der Waals surface area (Å²) in [4.78, 5) is 6.30. The predicted molar refractivity (Wildman–Crippen MR) is 77.0 cm³/mol. The fourth-order valence-electron chi connectivity index (χ4n) is 2.56. The monoisotopic (exact) mass is 313 g/mol. The van der Waals surface area contributed by atoms with Gasteiger partial charge in [0.1, 0.15) is 4.90 Å². The van der Waals surface area contributed by atoms with E-state index in [1.807, 2.05) is 0 Å². The van der Waals surface area contributed by atoms with Crippen LogP contribution in [0.1, 0.15) is 12.8 Å². The lowest BCUT2D eigenvalue weighted by Crippen LogP contribution is -2.42. The Kier molecular flexibility index (Phi) is 3.76. The van der Waals surface area contributed by atoms with E-state index in [0.29, 0.717) is 44.3 Å². The highest BCUT2D eigenvalue weighted by Crippen LogP contribution is 2.32. The number of hydrogen-bond acceptors (Lipinski definition) is 6. The summed E-state index contributed by atoms with van der Waals surface area (Å²) in [6.45, 7) is 2.08. The Bertz CT molecular complexity index is 630. The highest BCUT2D eigenvalue weighted by Gasteiger charge is 2.34. The zero-order valence-electron chi connectivity index (χ0n) is 11.9. The molecule has 0 radical (unpaired) electrons. The molecule has 116 valence electrons. The Morgan fingerprint density at radius 2 is 2.10 bits per heavy atom. The molecule has 2 saturated heterocycles. The van der Waals surface area contributed by atoms with Crippen LogP contribution < -0.4 is 9.64 Å². The molecule has 1 N–H and O–H groups in total. The third-order valence-electron chi connectivity index (χ3n) is 3.92. The van der Waals surface area contributed by atoms with E-state index in [0.717, 1.165) is 6.42 Å². The van der Waals surface area contributed by atoms with E-state index in [-0.39, 0.29) is 4.90 Å². The minimum Gasteiger partial charge on any atom is -0.481 e. The van der Waals surface area contributed by atoms with Crippen LogP contribution >= 0.6 is 0 Å². The minimum absolute atomic E-state index is 0.192. The van der Waals surface area contributed by atoms with E-state index in [1.54, 1.807) is 17.0 Å². The predicted octanol–water partition coefficient (Wildman–Crippen LogP) is 0.0556. The van der Waals surface area contributed by atoms with Gasteiger partial charge in [-0.2, -0.15) is 9.29 Å². The summed E-state index contributed by atoms with van der Waals surface area (Å²) in [6.07, 6.45) is 1.06. The molecule has 2 aliphatic heterocycles. The molecule has 0 saturated carbocycles. The zero-order chi connectivity index (χ0) is 15.0. The van der Waals surface area contributed by atoms with Crippen molar-refractivity contribution in [1.82, 2.24) is 9.29 Å². The summed E-state index contributed by atoms with van der Waals surface area (Å²) >= 11 is 0. The topological polar surface area (TPSA) is 83.0 Å². The van der Waals surface area contributed by atoms with E-state index in [1.165, 1.54) is 11.4 Å². The van der Waals surface area contributed by atoms with Gasteiger partial charge in [0.25, 0.3) is 0 Å². The average molecular weight is 313 g/mol. The fraction of sp³-hybridized carbons (Fsp3) is 0.615. The van der Waals surface area contributed by atoms with Crippen LogP contribution in [0.25, 0.3) is 0 Å². The van der Waals surface area contributed by atoms with Gasteiger partial charge < -0.3 is 14.7 Å². The standard InChI is InChI=1S/C13H19N3O4S/c1-20-12-4-3-11(21(18,19)16-6-2-7-16)13(14-12)15-8-5-10(17)9-15/h3-4,10,17H,2,5-9H2,1H3. The molecule has 0 aliphatic carbocycles. The van der Waals surface area contributed by atoms with Gasteiger partial charge in [0.2, 0.25) is 15.9 Å². The first-order valence-corrected chi connectivity index (χ1v) is 8.44. The Hall–Kier alpha value is -1.38. The highest BCUT2D eigenvalue weighted by molar-refractivity contribution is 7.89. The number of nitrogens with zero attached hydrogens (tertiary/aromatic N) is 3. The third-order valence-corrected chi connectivity index (χ3v) is 5.84. The van der Waals surface area contributed by atoms with Crippen molar-refractivity contribution in [2.75, 3.05) is 38.2 Å². The number of aliphatic hydroxyl groups is 1. The number of hydrogen-bond donors (Lipinski definition) is 1. The van der Waals surface area contributed by atoms with Gasteiger partial charge in [-0.25, -0.2) is 8.42 Å². The molecule has 1 aromatic heterocycles. The SMILES string of the molecule is COc1ccc(S(=O)(=O)N2CCC2)c(N2CCC(O)C2)n1. The number of ether oxygens (including phenoxy) is 1. The average Bonchev–Trinajstić information content (AvgIpc) is 2.82. The van der Waals surface area contributed by atoms with E-state index in [9.17, 15) is 13.5 Å². The van der Waals surface area contributed by atoms with Crippen LogP contribution in [0, 0.1) is 0 Å². The lowest BCUT2D eigenvalue weighted by Gasteiger charge is -2.31. The first-order valence-electron chi connectivity index (χ1n) is 7.00. The zero-order valence-corrected chi connectivity index (χ0v) is 12.7. The molecule has 2 aliphatic rings.